The number of ether oxygens (including phenoxy) is 1. The Morgan fingerprint density at radius 2 is 1.75 bits per heavy atom. The Kier molecular flexibility index (Phi) is 4.66. The molecular formula is C15H12BrClF2O. The highest BCUT2D eigenvalue weighted by Gasteiger charge is 2.23. The predicted molar refractivity (Wildman–Crippen MR) is 79.5 cm³/mol. The van der Waals surface area contributed by atoms with Crippen LogP contribution in [0.4, 0.5) is 8.78 Å². The number of methoxy groups -OCH3 is 1. The van der Waals surface area contributed by atoms with Crippen LogP contribution in [-0.2, 0) is 0 Å². The van der Waals surface area contributed by atoms with Gasteiger partial charge >= 0.3 is 0 Å². The number of benzene rings is 2. The molecule has 0 fully saturated rings. The highest BCUT2D eigenvalue weighted by atomic mass is 79.9. The van der Waals surface area contributed by atoms with Crippen LogP contribution in [0.5, 0.6) is 5.75 Å². The molecule has 20 heavy (non-hydrogen) atoms. The van der Waals surface area contributed by atoms with Crippen LogP contribution < -0.4 is 4.74 Å². The first-order valence-corrected chi connectivity index (χ1v) is 7.10. The Balaban J connectivity index is 2.53. The lowest BCUT2D eigenvalue weighted by atomic mass is 10.0. The van der Waals surface area contributed by atoms with E-state index >= 15 is 0 Å². The van der Waals surface area contributed by atoms with Gasteiger partial charge in [0.1, 0.15) is 17.4 Å². The van der Waals surface area contributed by atoms with Crippen LogP contribution in [0, 0.1) is 18.6 Å². The van der Waals surface area contributed by atoms with Crippen molar-refractivity contribution in [1.82, 2.24) is 0 Å². The Bertz CT molecular complexity index is 623. The van der Waals surface area contributed by atoms with E-state index in [0.29, 0.717) is 10.0 Å². The summed E-state index contributed by atoms with van der Waals surface area (Å²) < 4.78 is 33.6. The number of hydrogen-bond donors (Lipinski definition) is 0. The zero-order chi connectivity index (χ0) is 14.9. The quantitative estimate of drug-likeness (QED) is 0.668. The molecule has 0 heterocycles. The molecule has 0 saturated carbocycles. The summed E-state index contributed by atoms with van der Waals surface area (Å²) in [6.45, 7) is 1.89. The van der Waals surface area contributed by atoms with Gasteiger partial charge in [-0.25, -0.2) is 8.78 Å². The minimum absolute atomic E-state index is 0.121. The van der Waals surface area contributed by atoms with E-state index in [2.05, 4.69) is 15.9 Å². The van der Waals surface area contributed by atoms with Crippen molar-refractivity contribution in [1.29, 1.82) is 0 Å². The van der Waals surface area contributed by atoms with Gasteiger partial charge in [0.05, 0.1) is 12.5 Å². The number of rotatable bonds is 3. The van der Waals surface area contributed by atoms with Crippen LogP contribution >= 0.6 is 27.5 Å². The molecule has 1 atom stereocenters. The molecule has 0 amide bonds. The maximum absolute atomic E-state index is 14.0. The minimum atomic E-state index is -0.921. The predicted octanol–water partition coefficient (Wildman–Crippen LogP) is 5.37. The molecule has 0 bridgehead atoms. The Labute approximate surface area is 129 Å². The third-order valence-electron chi connectivity index (χ3n) is 2.97. The fourth-order valence-corrected chi connectivity index (χ4v) is 2.93. The molecule has 5 heteroatoms. The van der Waals surface area contributed by atoms with Crippen molar-refractivity contribution in [2.45, 2.75) is 12.3 Å². The van der Waals surface area contributed by atoms with Crippen molar-refractivity contribution in [2.24, 2.45) is 0 Å². The highest BCUT2D eigenvalue weighted by molar-refractivity contribution is 9.10. The van der Waals surface area contributed by atoms with Gasteiger partial charge in [0.2, 0.25) is 0 Å². The number of hydrogen-bond acceptors (Lipinski definition) is 1. The standard InChI is InChI=1S/C15H12BrClF2O/c1-8-3-4-11(16)10(5-8)15(17)14-12(18)6-9(20-2)7-13(14)19/h3-7,15H,1-2H3. The van der Waals surface area contributed by atoms with Crippen molar-refractivity contribution in [3.05, 3.63) is 63.1 Å². The molecule has 0 N–H and O–H groups in total. The lowest BCUT2D eigenvalue weighted by Gasteiger charge is -2.15. The smallest absolute Gasteiger partial charge is 0.134 e. The normalized spacial score (nSPS) is 12.3. The molecule has 2 aromatic carbocycles. The van der Waals surface area contributed by atoms with E-state index in [1.54, 1.807) is 12.1 Å². The van der Waals surface area contributed by atoms with Crippen LogP contribution in [0.15, 0.2) is 34.8 Å². The summed E-state index contributed by atoms with van der Waals surface area (Å²) in [5, 5.41) is -0.921. The first-order valence-electron chi connectivity index (χ1n) is 5.87. The van der Waals surface area contributed by atoms with Crippen LogP contribution in [0.1, 0.15) is 22.1 Å². The van der Waals surface area contributed by atoms with E-state index in [0.717, 1.165) is 17.7 Å². The van der Waals surface area contributed by atoms with E-state index in [1.807, 2.05) is 13.0 Å². The molecule has 0 aliphatic heterocycles. The molecule has 2 aromatic rings. The van der Waals surface area contributed by atoms with E-state index < -0.39 is 17.0 Å². The molecule has 1 nitrogen and oxygen atoms in total. The largest absolute Gasteiger partial charge is 0.497 e. The number of aryl methyl sites for hydroxylation is 1. The summed E-state index contributed by atoms with van der Waals surface area (Å²) >= 11 is 9.62. The van der Waals surface area contributed by atoms with Gasteiger partial charge in [-0.05, 0) is 18.6 Å². The van der Waals surface area contributed by atoms with Gasteiger partial charge in [-0.3, -0.25) is 0 Å². The maximum Gasteiger partial charge on any atom is 0.134 e. The molecule has 0 radical (unpaired) electrons. The molecule has 0 aliphatic rings. The third kappa shape index (κ3) is 2.96. The SMILES string of the molecule is COc1cc(F)c(C(Cl)c2cc(C)ccc2Br)c(F)c1. The highest BCUT2D eigenvalue weighted by Crippen LogP contribution is 2.38. The van der Waals surface area contributed by atoms with E-state index in [1.165, 1.54) is 7.11 Å². The number of alkyl halides is 1. The molecule has 106 valence electrons. The van der Waals surface area contributed by atoms with Crippen molar-refractivity contribution < 1.29 is 13.5 Å². The fraction of sp³-hybridized carbons (Fsp3) is 0.200. The maximum atomic E-state index is 14.0. The zero-order valence-electron chi connectivity index (χ0n) is 10.9. The monoisotopic (exact) mass is 360 g/mol. The van der Waals surface area contributed by atoms with Crippen molar-refractivity contribution in [3.8, 4) is 5.75 Å². The van der Waals surface area contributed by atoms with Crippen LogP contribution in [-0.4, -0.2) is 7.11 Å². The summed E-state index contributed by atoms with van der Waals surface area (Å²) in [4.78, 5) is 0. The summed E-state index contributed by atoms with van der Waals surface area (Å²) in [6.07, 6.45) is 0. The van der Waals surface area contributed by atoms with Crippen LogP contribution in [0.3, 0.4) is 0 Å². The van der Waals surface area contributed by atoms with Gasteiger partial charge in [0.25, 0.3) is 0 Å². The molecule has 0 spiro atoms. The molecule has 0 aromatic heterocycles. The molecular weight excluding hydrogens is 350 g/mol. The van der Waals surface area contributed by atoms with Gasteiger partial charge in [-0.15, -0.1) is 11.6 Å². The van der Waals surface area contributed by atoms with Crippen LogP contribution in [0.25, 0.3) is 0 Å². The summed E-state index contributed by atoms with van der Waals surface area (Å²) in [5.74, 6) is -1.33. The molecule has 0 saturated heterocycles. The van der Waals surface area contributed by atoms with Crippen LogP contribution in [0.2, 0.25) is 0 Å². The first-order chi connectivity index (χ1) is 9.43. The fourth-order valence-electron chi connectivity index (χ4n) is 1.93. The summed E-state index contributed by atoms with van der Waals surface area (Å²) in [5.41, 5.74) is 1.40. The van der Waals surface area contributed by atoms with Gasteiger partial charge in [-0.1, -0.05) is 33.6 Å². The lowest BCUT2D eigenvalue weighted by Crippen LogP contribution is -2.03. The molecule has 2 rings (SSSR count). The average molecular weight is 362 g/mol. The zero-order valence-corrected chi connectivity index (χ0v) is 13.2. The lowest BCUT2D eigenvalue weighted by molar-refractivity contribution is 0.405. The summed E-state index contributed by atoms with van der Waals surface area (Å²) in [6, 6.07) is 7.73. The Morgan fingerprint density at radius 3 is 2.30 bits per heavy atom. The van der Waals surface area contributed by atoms with Gasteiger partial charge in [-0.2, -0.15) is 0 Å². The van der Waals surface area contributed by atoms with Crippen molar-refractivity contribution in [2.75, 3.05) is 7.11 Å². The summed E-state index contributed by atoms with van der Waals surface area (Å²) in [7, 11) is 1.35. The van der Waals surface area contributed by atoms with E-state index in [-0.39, 0.29) is 11.3 Å². The molecule has 0 aliphatic carbocycles. The molecule has 1 unspecified atom stereocenters. The van der Waals surface area contributed by atoms with E-state index in [9.17, 15) is 8.78 Å². The van der Waals surface area contributed by atoms with Gasteiger partial charge in [0.15, 0.2) is 0 Å². The van der Waals surface area contributed by atoms with Crippen molar-refractivity contribution >= 4 is 27.5 Å². The third-order valence-corrected chi connectivity index (χ3v) is 4.14. The Morgan fingerprint density at radius 1 is 1.15 bits per heavy atom. The van der Waals surface area contributed by atoms with Gasteiger partial charge in [0, 0.05) is 22.2 Å². The number of halogens is 4. The van der Waals surface area contributed by atoms with Gasteiger partial charge < -0.3 is 4.74 Å². The van der Waals surface area contributed by atoms with Crippen molar-refractivity contribution in [3.63, 3.8) is 0 Å². The first kappa shape index (κ1) is 15.3. The second kappa shape index (κ2) is 6.10. The average Bonchev–Trinajstić information content (AvgIpc) is 2.40. The van der Waals surface area contributed by atoms with E-state index in [4.69, 9.17) is 16.3 Å². The minimum Gasteiger partial charge on any atom is -0.497 e. The Hall–Kier alpha value is -1.13. The second-order valence-electron chi connectivity index (χ2n) is 4.39. The second-order valence-corrected chi connectivity index (χ2v) is 5.68. The topological polar surface area (TPSA) is 9.23 Å².